The molecule has 1 atom stereocenters. The molecule has 4 rings (SSSR count). The van der Waals surface area contributed by atoms with Crippen molar-refractivity contribution in [3.63, 3.8) is 0 Å². The highest BCUT2D eigenvalue weighted by Gasteiger charge is 2.35. The van der Waals surface area contributed by atoms with Crippen molar-refractivity contribution in [3.8, 4) is 0 Å². The molecule has 6 nitrogen and oxygen atoms in total. The first-order chi connectivity index (χ1) is 15.1. The van der Waals surface area contributed by atoms with Gasteiger partial charge < -0.3 is 9.80 Å². The predicted octanol–water partition coefficient (Wildman–Crippen LogP) is 2.93. The van der Waals surface area contributed by atoms with E-state index in [1.165, 1.54) is 10.8 Å². The Balaban J connectivity index is 1.61. The Morgan fingerprint density at radius 1 is 0.806 bits per heavy atom. The van der Waals surface area contributed by atoms with E-state index in [2.05, 4.69) is 4.90 Å². The van der Waals surface area contributed by atoms with Gasteiger partial charge in [0.15, 0.2) is 11.8 Å². The van der Waals surface area contributed by atoms with Crippen LogP contribution in [0.2, 0.25) is 0 Å². The van der Waals surface area contributed by atoms with Crippen molar-refractivity contribution in [2.24, 2.45) is 0 Å². The number of para-hydroxylation sites is 1. The zero-order chi connectivity index (χ0) is 21.8. The first-order valence-electron chi connectivity index (χ1n) is 10.4. The van der Waals surface area contributed by atoms with E-state index in [1.807, 2.05) is 36.4 Å². The van der Waals surface area contributed by atoms with Gasteiger partial charge in [0, 0.05) is 49.2 Å². The van der Waals surface area contributed by atoms with E-state index in [0.29, 0.717) is 37.3 Å². The van der Waals surface area contributed by atoms with Gasteiger partial charge in [0.1, 0.15) is 0 Å². The molecule has 1 saturated heterocycles. The van der Waals surface area contributed by atoms with E-state index < -0.39 is 6.04 Å². The molecule has 0 saturated carbocycles. The molecule has 0 aliphatic carbocycles. The zero-order valence-electron chi connectivity index (χ0n) is 17.5. The third-order valence-electron chi connectivity index (χ3n) is 5.70. The Hall–Kier alpha value is -3.67. The summed E-state index contributed by atoms with van der Waals surface area (Å²) >= 11 is 0. The maximum absolute atomic E-state index is 13.5. The lowest BCUT2D eigenvalue weighted by atomic mass is 10.0. The van der Waals surface area contributed by atoms with E-state index in [0.717, 1.165) is 5.69 Å². The van der Waals surface area contributed by atoms with Crippen molar-refractivity contribution in [2.45, 2.75) is 13.0 Å². The molecule has 2 aromatic carbocycles. The number of amides is 1. The van der Waals surface area contributed by atoms with Crippen molar-refractivity contribution >= 4 is 17.4 Å². The van der Waals surface area contributed by atoms with E-state index in [4.69, 9.17) is 0 Å². The summed E-state index contributed by atoms with van der Waals surface area (Å²) in [5.41, 5.74) is 1.70. The highest BCUT2D eigenvalue weighted by Crippen LogP contribution is 2.20. The van der Waals surface area contributed by atoms with Crippen LogP contribution in [0.4, 0.5) is 5.69 Å². The van der Waals surface area contributed by atoms with Gasteiger partial charge in [0.05, 0.1) is 0 Å². The molecule has 0 bridgehead atoms. The Morgan fingerprint density at radius 3 is 2.06 bits per heavy atom. The van der Waals surface area contributed by atoms with Crippen LogP contribution in [-0.2, 0) is 4.79 Å². The fourth-order valence-electron chi connectivity index (χ4n) is 3.94. The van der Waals surface area contributed by atoms with E-state index in [1.54, 1.807) is 48.2 Å². The summed E-state index contributed by atoms with van der Waals surface area (Å²) < 4.78 is 1.27. The minimum atomic E-state index is -1.21. The average molecular weight is 415 g/mol. The van der Waals surface area contributed by atoms with Crippen LogP contribution in [0.5, 0.6) is 0 Å². The minimum absolute atomic E-state index is 0.326. The SMILES string of the molecule is Cc1cccn(C(C(=O)c2ccccc2)C(=O)N2CCN(c3ccccc3)CC2)c1=O. The van der Waals surface area contributed by atoms with Gasteiger partial charge in [0.2, 0.25) is 0 Å². The average Bonchev–Trinajstić information content (AvgIpc) is 2.83. The van der Waals surface area contributed by atoms with E-state index in [-0.39, 0.29) is 17.2 Å². The highest BCUT2D eigenvalue weighted by molar-refractivity contribution is 6.11. The smallest absolute Gasteiger partial charge is 0.254 e. The summed E-state index contributed by atoms with van der Waals surface area (Å²) in [4.78, 5) is 43.6. The molecule has 1 aliphatic rings. The van der Waals surface area contributed by atoms with Crippen molar-refractivity contribution in [1.82, 2.24) is 9.47 Å². The number of hydrogen-bond acceptors (Lipinski definition) is 4. The summed E-state index contributed by atoms with van der Waals surface area (Å²) in [5, 5.41) is 0. The van der Waals surface area contributed by atoms with Gasteiger partial charge in [-0.25, -0.2) is 0 Å². The normalized spacial score (nSPS) is 14.9. The maximum atomic E-state index is 13.5. The molecule has 2 heterocycles. The second-order valence-electron chi connectivity index (χ2n) is 7.68. The number of rotatable bonds is 5. The fourth-order valence-corrected chi connectivity index (χ4v) is 3.94. The lowest BCUT2D eigenvalue weighted by Gasteiger charge is -2.37. The number of aryl methyl sites for hydroxylation is 1. The Kier molecular flexibility index (Phi) is 5.98. The van der Waals surface area contributed by atoms with E-state index >= 15 is 0 Å². The second kappa shape index (κ2) is 9.00. The first-order valence-corrected chi connectivity index (χ1v) is 10.4. The lowest BCUT2D eigenvalue weighted by molar-refractivity contribution is -0.133. The molecule has 1 aromatic heterocycles. The van der Waals surface area contributed by atoms with Gasteiger partial charge in [-0.1, -0.05) is 54.6 Å². The molecule has 6 heteroatoms. The third-order valence-corrected chi connectivity index (χ3v) is 5.70. The number of carbonyl (C=O) groups excluding carboxylic acids is 2. The number of Topliss-reactive ketones (excluding diaryl/α,β-unsaturated/α-hetero) is 1. The number of carbonyl (C=O) groups is 2. The standard InChI is InChI=1S/C25H25N3O3/c1-19-9-8-14-28(24(19)30)22(23(29)20-10-4-2-5-11-20)25(31)27-17-15-26(16-18-27)21-12-6-3-7-13-21/h2-14,22H,15-18H2,1H3. The van der Waals surface area contributed by atoms with Crippen molar-refractivity contribution in [1.29, 1.82) is 0 Å². The first kappa shape index (κ1) is 20.6. The second-order valence-corrected chi connectivity index (χ2v) is 7.68. The van der Waals surface area contributed by atoms with Gasteiger partial charge >= 0.3 is 0 Å². The Morgan fingerprint density at radius 2 is 1.42 bits per heavy atom. The zero-order valence-corrected chi connectivity index (χ0v) is 17.5. The van der Waals surface area contributed by atoms with Crippen molar-refractivity contribution in [3.05, 3.63) is 100 Å². The number of hydrogen-bond donors (Lipinski definition) is 0. The Bertz CT molecular complexity index is 1120. The maximum Gasteiger partial charge on any atom is 0.254 e. The summed E-state index contributed by atoms with van der Waals surface area (Å²) in [6.07, 6.45) is 1.53. The molecule has 1 amide bonds. The predicted molar refractivity (Wildman–Crippen MR) is 120 cm³/mol. The van der Waals surface area contributed by atoms with Crippen LogP contribution >= 0.6 is 0 Å². The molecule has 0 N–H and O–H groups in total. The van der Waals surface area contributed by atoms with Crippen LogP contribution in [-0.4, -0.2) is 47.3 Å². The van der Waals surface area contributed by atoms with Gasteiger partial charge in [-0.2, -0.15) is 0 Å². The minimum Gasteiger partial charge on any atom is -0.368 e. The van der Waals surface area contributed by atoms with Crippen LogP contribution in [0.1, 0.15) is 22.0 Å². The number of anilines is 1. The lowest BCUT2D eigenvalue weighted by Crippen LogP contribution is -2.52. The molecule has 31 heavy (non-hydrogen) atoms. The fraction of sp³-hybridized carbons (Fsp3) is 0.240. The number of benzene rings is 2. The molecule has 3 aromatic rings. The number of piperazine rings is 1. The number of nitrogens with zero attached hydrogens (tertiary/aromatic N) is 3. The Labute approximate surface area is 181 Å². The molecule has 1 aliphatic heterocycles. The largest absolute Gasteiger partial charge is 0.368 e. The number of aromatic nitrogens is 1. The van der Waals surface area contributed by atoms with Crippen LogP contribution in [0.15, 0.2) is 83.8 Å². The van der Waals surface area contributed by atoms with Crippen LogP contribution in [0, 0.1) is 6.92 Å². The molecule has 0 spiro atoms. The highest BCUT2D eigenvalue weighted by atomic mass is 16.2. The van der Waals surface area contributed by atoms with Gasteiger partial charge in [0.25, 0.3) is 11.5 Å². The van der Waals surface area contributed by atoms with Gasteiger partial charge in [-0.3, -0.25) is 19.0 Å². The van der Waals surface area contributed by atoms with Crippen LogP contribution in [0.3, 0.4) is 0 Å². The summed E-state index contributed by atoms with van der Waals surface area (Å²) in [6, 6.07) is 20.9. The number of pyridine rings is 1. The number of ketones is 1. The molecule has 0 radical (unpaired) electrons. The molecule has 1 unspecified atom stereocenters. The molecular weight excluding hydrogens is 390 g/mol. The van der Waals surface area contributed by atoms with Crippen molar-refractivity contribution in [2.75, 3.05) is 31.1 Å². The van der Waals surface area contributed by atoms with Crippen LogP contribution < -0.4 is 10.5 Å². The van der Waals surface area contributed by atoms with Gasteiger partial charge in [-0.15, -0.1) is 0 Å². The molecule has 1 fully saturated rings. The molecular formula is C25H25N3O3. The summed E-state index contributed by atoms with van der Waals surface area (Å²) in [7, 11) is 0. The summed E-state index contributed by atoms with van der Waals surface area (Å²) in [6.45, 7) is 4.02. The third kappa shape index (κ3) is 4.28. The van der Waals surface area contributed by atoms with Gasteiger partial charge in [-0.05, 0) is 25.1 Å². The van der Waals surface area contributed by atoms with Crippen LogP contribution in [0.25, 0.3) is 0 Å². The van der Waals surface area contributed by atoms with E-state index in [9.17, 15) is 14.4 Å². The quantitative estimate of drug-likeness (QED) is 0.475. The monoisotopic (exact) mass is 415 g/mol. The molecule has 158 valence electrons. The summed E-state index contributed by atoms with van der Waals surface area (Å²) in [5.74, 6) is -0.710. The topological polar surface area (TPSA) is 62.6 Å². The van der Waals surface area contributed by atoms with Crippen molar-refractivity contribution < 1.29 is 9.59 Å².